The van der Waals surface area contributed by atoms with Gasteiger partial charge >= 0.3 is 0 Å². The Morgan fingerprint density at radius 3 is 1.88 bits per heavy atom. The molecule has 5 rings (SSSR count). The number of hydrogen-bond acceptors (Lipinski definition) is 21. The minimum Gasteiger partial charge on any atom is -0.394 e. The van der Waals surface area contributed by atoms with Crippen molar-refractivity contribution in [3.8, 4) is 0 Å². The van der Waals surface area contributed by atoms with Crippen molar-refractivity contribution < 1.29 is 68.9 Å². The van der Waals surface area contributed by atoms with Gasteiger partial charge in [0.05, 0.1) is 38.0 Å². The molecule has 4 aliphatic heterocycles. The van der Waals surface area contributed by atoms with Crippen molar-refractivity contribution in [1.82, 2.24) is 10.6 Å². The van der Waals surface area contributed by atoms with Crippen LogP contribution in [-0.2, 0) is 33.2 Å². The molecule has 0 unspecified atom stereocenters. The van der Waals surface area contributed by atoms with Gasteiger partial charge in [0.1, 0.15) is 67.1 Å². The summed E-state index contributed by atoms with van der Waals surface area (Å²) in [7, 11) is 0. The predicted octanol–water partition coefficient (Wildman–Crippen LogP) is -8.25. The van der Waals surface area contributed by atoms with Crippen molar-refractivity contribution in [2.45, 2.75) is 136 Å². The fraction of sp³-hybridized carbons (Fsp3) is 1.00. The van der Waals surface area contributed by atoms with E-state index in [-0.39, 0.29) is 19.6 Å². The van der Waals surface area contributed by atoms with E-state index in [1.807, 2.05) is 0 Å². The molecule has 20 atom stereocenters. The first-order chi connectivity index (χ1) is 24.9. The van der Waals surface area contributed by atoms with Gasteiger partial charge < -0.3 is 108 Å². The van der Waals surface area contributed by atoms with Crippen LogP contribution in [0.1, 0.15) is 19.3 Å². The highest BCUT2D eigenvalue weighted by Crippen LogP contribution is 2.35. The maximum absolute atomic E-state index is 11.3. The van der Waals surface area contributed by atoms with Crippen LogP contribution >= 0.6 is 0 Å². The molecule has 21 nitrogen and oxygen atoms in total. The number of ether oxygens (including phenoxy) is 7. The van der Waals surface area contributed by atoms with Crippen molar-refractivity contribution in [2.24, 2.45) is 34.6 Å². The molecule has 21 heteroatoms. The normalized spacial score (nSPS) is 48.9. The van der Waals surface area contributed by atoms with Crippen LogP contribution in [0.25, 0.3) is 0 Å². The lowest BCUT2D eigenvalue weighted by atomic mass is 9.84. The van der Waals surface area contributed by atoms with Gasteiger partial charge in [0.2, 0.25) is 0 Å². The van der Waals surface area contributed by atoms with E-state index in [1.54, 1.807) is 0 Å². The average molecular weight is 756 g/mol. The summed E-state index contributed by atoms with van der Waals surface area (Å²) in [5.41, 5.74) is 30.8. The van der Waals surface area contributed by atoms with Crippen LogP contribution in [0.5, 0.6) is 0 Å². The van der Waals surface area contributed by atoms with Crippen molar-refractivity contribution in [2.75, 3.05) is 52.5 Å². The Bertz CT molecular complexity index is 1070. The van der Waals surface area contributed by atoms with Crippen LogP contribution < -0.4 is 39.3 Å². The first-order valence-corrected chi connectivity index (χ1v) is 18.2. The summed E-state index contributed by atoms with van der Waals surface area (Å²) in [6, 6.07) is -4.20. The fourth-order valence-corrected chi connectivity index (χ4v) is 7.53. The lowest BCUT2D eigenvalue weighted by Gasteiger charge is -2.47. The highest BCUT2D eigenvalue weighted by Gasteiger charge is 2.55. The number of hydrogen-bond donors (Lipinski definition) is 14. The van der Waals surface area contributed by atoms with Crippen molar-refractivity contribution in [3.63, 3.8) is 0 Å². The molecule has 19 N–H and O–H groups in total. The molecule has 0 radical (unpaired) electrons. The Hall–Kier alpha value is -0.840. The summed E-state index contributed by atoms with van der Waals surface area (Å²) in [4.78, 5) is 0. The van der Waals surface area contributed by atoms with Crippen LogP contribution in [0.3, 0.4) is 0 Å². The minimum absolute atomic E-state index is 0.0916. The predicted molar refractivity (Wildman–Crippen MR) is 179 cm³/mol. The maximum atomic E-state index is 11.3. The highest BCUT2D eigenvalue weighted by molar-refractivity contribution is 5.02. The molecule has 52 heavy (non-hydrogen) atoms. The van der Waals surface area contributed by atoms with Crippen LogP contribution in [0, 0.1) is 5.92 Å². The molecule has 4 heterocycles. The second-order valence-electron chi connectivity index (χ2n) is 14.5. The largest absolute Gasteiger partial charge is 0.394 e. The number of nitrogens with one attached hydrogen (secondary N) is 2. The maximum Gasteiger partial charge on any atom is 0.187 e. The molecular formula is C31H61N7O14. The SMILES string of the molecule is NC[C@@H]1O[C@H](O[C@H]2[C@@H](OCCNC[C@@H]3CCCNC3)[C@H](O[C@@H]3[C@@H](O)[C@H](N)C[C@H](N)[C@H]3O[C@H]3O[C@H](CO)[C@@H](O)[C@H](O)[C@H]3N)O[C@@H]2CO)[C@H](N)[C@@H](O)[C@@H]1O. The third-order valence-electron chi connectivity index (χ3n) is 10.7. The summed E-state index contributed by atoms with van der Waals surface area (Å²) < 4.78 is 42.6. The molecule has 0 aromatic heterocycles. The van der Waals surface area contributed by atoms with E-state index in [0.29, 0.717) is 12.5 Å². The molecule has 0 spiro atoms. The summed E-state index contributed by atoms with van der Waals surface area (Å²) in [6.07, 6.45) is -17.0. The second kappa shape index (κ2) is 19.3. The summed E-state index contributed by atoms with van der Waals surface area (Å²) >= 11 is 0. The number of nitrogens with two attached hydrogens (primary N) is 5. The van der Waals surface area contributed by atoms with Crippen LogP contribution in [0.4, 0.5) is 0 Å². The van der Waals surface area contributed by atoms with Gasteiger partial charge in [-0.25, -0.2) is 0 Å². The fourth-order valence-electron chi connectivity index (χ4n) is 7.53. The van der Waals surface area contributed by atoms with E-state index in [1.165, 1.54) is 0 Å². The topological polar surface area (TPSA) is 360 Å². The van der Waals surface area contributed by atoms with E-state index < -0.39 is 129 Å². The first kappa shape index (κ1) is 42.3. The molecule has 5 aliphatic rings. The Morgan fingerprint density at radius 1 is 0.673 bits per heavy atom. The molecule has 304 valence electrons. The number of aliphatic hydroxyl groups excluding tert-OH is 7. The van der Waals surface area contributed by atoms with Gasteiger partial charge in [-0.05, 0) is 44.8 Å². The molecule has 4 saturated heterocycles. The third-order valence-corrected chi connectivity index (χ3v) is 10.7. The lowest BCUT2D eigenvalue weighted by Crippen LogP contribution is -2.68. The molecular weight excluding hydrogens is 694 g/mol. The van der Waals surface area contributed by atoms with E-state index in [9.17, 15) is 35.7 Å². The average Bonchev–Trinajstić information content (AvgIpc) is 3.47. The van der Waals surface area contributed by atoms with Gasteiger partial charge in [0.15, 0.2) is 18.9 Å². The lowest BCUT2D eigenvalue weighted by molar-refractivity contribution is -0.311. The van der Waals surface area contributed by atoms with Crippen LogP contribution in [-0.4, -0.2) is 205 Å². The van der Waals surface area contributed by atoms with Gasteiger partial charge in [-0.2, -0.15) is 0 Å². The molecule has 5 fully saturated rings. The minimum atomic E-state index is -1.52. The Labute approximate surface area is 302 Å². The van der Waals surface area contributed by atoms with Gasteiger partial charge in [-0.3, -0.25) is 0 Å². The third kappa shape index (κ3) is 9.57. The Kier molecular flexibility index (Phi) is 15.7. The summed E-state index contributed by atoms with van der Waals surface area (Å²) in [5, 5.41) is 80.0. The van der Waals surface area contributed by atoms with Crippen molar-refractivity contribution >= 4 is 0 Å². The Balaban J connectivity index is 1.35. The second-order valence-corrected chi connectivity index (χ2v) is 14.5. The van der Waals surface area contributed by atoms with Crippen molar-refractivity contribution in [3.05, 3.63) is 0 Å². The standard InChI is InChI=1S/C31H61N7O14/c32-7-15-21(42)23(44)18(35)29(47-15)51-26-17(11-40)49-31(28(26)46-5-4-38-9-12-2-1-3-37-8-12)52-27-20(41)13(33)6-14(34)25(27)50-30-19(36)24(45)22(43)16(10-39)48-30/h12-31,37-45H,1-11,32-36H2/t12-,13-,14+,15+,16-,17-,18-,19-,20+,21-,22-,23-,24-,25-,26-,27-,28-,29-,30-,31+/m1/s1. The van der Waals surface area contributed by atoms with Gasteiger partial charge in [0, 0.05) is 25.2 Å². The zero-order valence-corrected chi connectivity index (χ0v) is 29.2. The van der Waals surface area contributed by atoms with Gasteiger partial charge in [-0.15, -0.1) is 0 Å². The highest BCUT2D eigenvalue weighted by atomic mass is 16.8. The molecule has 0 amide bonds. The van der Waals surface area contributed by atoms with E-state index in [0.717, 1.165) is 32.5 Å². The van der Waals surface area contributed by atoms with Gasteiger partial charge in [-0.1, -0.05) is 0 Å². The van der Waals surface area contributed by atoms with Gasteiger partial charge in [0.25, 0.3) is 0 Å². The molecule has 0 aromatic carbocycles. The van der Waals surface area contributed by atoms with E-state index in [4.69, 9.17) is 61.8 Å². The van der Waals surface area contributed by atoms with Crippen LogP contribution in [0.15, 0.2) is 0 Å². The molecule has 1 aliphatic carbocycles. The number of rotatable bonds is 15. The number of aliphatic hydroxyl groups is 7. The Morgan fingerprint density at radius 2 is 1.27 bits per heavy atom. The molecule has 0 bridgehead atoms. The van der Waals surface area contributed by atoms with Crippen LogP contribution in [0.2, 0.25) is 0 Å². The first-order valence-electron chi connectivity index (χ1n) is 18.2. The zero-order chi connectivity index (χ0) is 37.7. The smallest absolute Gasteiger partial charge is 0.187 e. The van der Waals surface area contributed by atoms with E-state index in [2.05, 4.69) is 10.6 Å². The molecule has 0 aromatic rings. The van der Waals surface area contributed by atoms with Crippen molar-refractivity contribution in [1.29, 1.82) is 0 Å². The zero-order valence-electron chi connectivity index (χ0n) is 29.2. The number of piperidine rings is 1. The summed E-state index contributed by atoms with van der Waals surface area (Å²) in [5.74, 6) is 0.466. The molecule has 1 saturated carbocycles. The van der Waals surface area contributed by atoms with E-state index >= 15 is 0 Å². The summed E-state index contributed by atoms with van der Waals surface area (Å²) in [6.45, 7) is 1.87. The monoisotopic (exact) mass is 755 g/mol. The quantitative estimate of drug-likeness (QED) is 0.0690.